The molecule has 1 saturated heterocycles. The van der Waals surface area contributed by atoms with Crippen molar-refractivity contribution in [2.45, 2.75) is 57.1 Å². The number of carbonyl (C=O) groups excluding carboxylic acids is 1. The number of likely N-dealkylation sites (tertiary alicyclic amines) is 1. The highest BCUT2D eigenvalue weighted by Crippen LogP contribution is 2.51. The summed E-state index contributed by atoms with van der Waals surface area (Å²) in [5.74, 6) is 0.136. The number of alkyl halides is 3. The van der Waals surface area contributed by atoms with Crippen molar-refractivity contribution in [3.8, 4) is 0 Å². The molecule has 4 rings (SSSR count). The van der Waals surface area contributed by atoms with E-state index in [4.69, 9.17) is 4.74 Å². The lowest BCUT2D eigenvalue weighted by Crippen LogP contribution is -2.51. The van der Waals surface area contributed by atoms with Crippen LogP contribution >= 0.6 is 0 Å². The standard InChI is InChI=1S/C27H35F3N4O2/c1-17(2)36-26(35)32-14-13-31-16-20-10-11-21-24(18-7-5-4-6-8-18)33-23-12-9-19(27(28,29)30)15-22(23)25(21)34(20)3/h4-9,12,15,17,20-21,24-25,31,33H,10-11,13-14,16H2,1-3H3,(H,32,35)/t20?,21?,24-,25?/m0/s1. The van der Waals surface area contributed by atoms with E-state index in [-0.39, 0.29) is 30.1 Å². The van der Waals surface area contributed by atoms with E-state index in [0.29, 0.717) is 25.2 Å². The molecule has 2 aliphatic rings. The topological polar surface area (TPSA) is 65.6 Å². The number of benzene rings is 2. The number of fused-ring (bicyclic) bond motifs is 3. The van der Waals surface area contributed by atoms with Gasteiger partial charge in [0, 0.05) is 43.3 Å². The van der Waals surface area contributed by atoms with E-state index in [9.17, 15) is 18.0 Å². The number of amides is 1. The number of ether oxygens (including phenoxy) is 1. The molecular weight excluding hydrogens is 469 g/mol. The third-order valence-corrected chi connectivity index (χ3v) is 7.14. The first-order chi connectivity index (χ1) is 17.1. The lowest BCUT2D eigenvalue weighted by atomic mass is 9.72. The van der Waals surface area contributed by atoms with Crippen LogP contribution in [-0.2, 0) is 10.9 Å². The largest absolute Gasteiger partial charge is 0.447 e. The lowest BCUT2D eigenvalue weighted by Gasteiger charge is -2.51. The first kappa shape index (κ1) is 26.3. The van der Waals surface area contributed by atoms with E-state index in [0.717, 1.165) is 30.2 Å². The molecule has 2 aromatic carbocycles. The van der Waals surface area contributed by atoms with Crippen molar-refractivity contribution in [3.05, 3.63) is 65.2 Å². The molecule has 0 aromatic heterocycles. The number of carbonyl (C=O) groups is 1. The average molecular weight is 505 g/mol. The van der Waals surface area contributed by atoms with Crippen molar-refractivity contribution in [2.24, 2.45) is 5.92 Å². The van der Waals surface area contributed by atoms with Gasteiger partial charge >= 0.3 is 12.3 Å². The molecule has 2 aromatic rings. The van der Waals surface area contributed by atoms with E-state index in [1.807, 2.05) is 25.2 Å². The molecule has 196 valence electrons. The smallest absolute Gasteiger partial charge is 0.416 e. The van der Waals surface area contributed by atoms with Crippen LogP contribution in [0.4, 0.5) is 23.7 Å². The summed E-state index contributed by atoms with van der Waals surface area (Å²) < 4.78 is 45.8. The molecule has 0 aliphatic carbocycles. The monoisotopic (exact) mass is 504 g/mol. The van der Waals surface area contributed by atoms with Gasteiger partial charge in [-0.15, -0.1) is 0 Å². The molecule has 2 heterocycles. The molecule has 0 bridgehead atoms. The molecule has 3 unspecified atom stereocenters. The van der Waals surface area contributed by atoms with Gasteiger partial charge in [-0.05, 0) is 63.1 Å². The van der Waals surface area contributed by atoms with E-state index in [2.05, 4.69) is 33.0 Å². The van der Waals surface area contributed by atoms with Crippen molar-refractivity contribution in [1.82, 2.24) is 15.5 Å². The quantitative estimate of drug-likeness (QED) is 0.444. The highest BCUT2D eigenvalue weighted by molar-refractivity contribution is 5.67. The number of likely N-dealkylation sites (N-methyl/N-ethyl adjacent to an activating group) is 1. The van der Waals surface area contributed by atoms with E-state index >= 15 is 0 Å². The second-order valence-electron chi connectivity index (χ2n) is 9.92. The zero-order chi connectivity index (χ0) is 25.9. The summed E-state index contributed by atoms with van der Waals surface area (Å²) in [6.45, 7) is 5.28. The van der Waals surface area contributed by atoms with Gasteiger partial charge in [-0.2, -0.15) is 13.2 Å². The molecule has 1 fully saturated rings. The van der Waals surface area contributed by atoms with Crippen LogP contribution in [0.15, 0.2) is 48.5 Å². The predicted octanol–water partition coefficient (Wildman–Crippen LogP) is 5.35. The summed E-state index contributed by atoms with van der Waals surface area (Å²) in [5.41, 5.74) is 1.98. The molecule has 1 amide bonds. The Labute approximate surface area is 210 Å². The van der Waals surface area contributed by atoms with Crippen molar-refractivity contribution >= 4 is 11.8 Å². The number of halogens is 3. The van der Waals surface area contributed by atoms with Crippen molar-refractivity contribution in [3.63, 3.8) is 0 Å². The Morgan fingerprint density at radius 3 is 2.58 bits per heavy atom. The molecule has 0 spiro atoms. The maximum Gasteiger partial charge on any atom is 0.416 e. The van der Waals surface area contributed by atoms with Gasteiger partial charge in [-0.3, -0.25) is 4.90 Å². The summed E-state index contributed by atoms with van der Waals surface area (Å²) in [6.07, 6.45) is -3.19. The Kier molecular flexibility index (Phi) is 8.10. The van der Waals surface area contributed by atoms with Crippen LogP contribution in [0.5, 0.6) is 0 Å². The Hall–Kier alpha value is -2.78. The van der Waals surface area contributed by atoms with E-state index in [1.54, 1.807) is 19.9 Å². The fraction of sp³-hybridized carbons (Fsp3) is 0.519. The Balaban J connectivity index is 1.50. The van der Waals surface area contributed by atoms with Gasteiger partial charge in [-0.1, -0.05) is 30.3 Å². The van der Waals surface area contributed by atoms with Crippen LogP contribution in [0.3, 0.4) is 0 Å². The number of nitrogens with zero attached hydrogens (tertiary/aromatic N) is 1. The number of rotatable bonds is 7. The van der Waals surface area contributed by atoms with Crippen molar-refractivity contribution < 1.29 is 22.7 Å². The number of piperidine rings is 1. The van der Waals surface area contributed by atoms with Crippen LogP contribution in [-0.4, -0.2) is 49.8 Å². The molecule has 0 radical (unpaired) electrons. The summed E-state index contributed by atoms with van der Waals surface area (Å²) >= 11 is 0. The average Bonchev–Trinajstić information content (AvgIpc) is 2.83. The Morgan fingerprint density at radius 2 is 1.89 bits per heavy atom. The Bertz CT molecular complexity index is 1030. The first-order valence-electron chi connectivity index (χ1n) is 12.5. The van der Waals surface area contributed by atoms with Crippen molar-refractivity contribution in [1.29, 1.82) is 0 Å². The summed E-state index contributed by atoms with van der Waals surface area (Å²) in [5, 5.41) is 9.65. The van der Waals surface area contributed by atoms with Gasteiger partial charge in [0.25, 0.3) is 0 Å². The van der Waals surface area contributed by atoms with Gasteiger partial charge in [0.15, 0.2) is 0 Å². The summed E-state index contributed by atoms with van der Waals surface area (Å²) in [4.78, 5) is 13.9. The van der Waals surface area contributed by atoms with Gasteiger partial charge in [0.1, 0.15) is 0 Å². The molecular formula is C27H35F3N4O2. The first-order valence-corrected chi connectivity index (χ1v) is 12.5. The SMILES string of the molecule is CC(C)OC(=O)NCCNCC1CCC2C(c3cc(C(F)(F)F)ccc3N[C@H]2c2ccccc2)N1C. The van der Waals surface area contributed by atoms with Crippen LogP contribution in [0.1, 0.15) is 55.5 Å². The second kappa shape index (κ2) is 11.1. The molecule has 4 atom stereocenters. The third kappa shape index (κ3) is 5.95. The van der Waals surface area contributed by atoms with Crippen LogP contribution in [0.2, 0.25) is 0 Å². The third-order valence-electron chi connectivity index (χ3n) is 7.14. The maximum atomic E-state index is 13.6. The normalized spacial score (nSPS) is 24.0. The molecule has 2 aliphatic heterocycles. The van der Waals surface area contributed by atoms with Crippen LogP contribution < -0.4 is 16.0 Å². The zero-order valence-corrected chi connectivity index (χ0v) is 20.9. The minimum absolute atomic E-state index is 0.0213. The molecule has 6 nitrogen and oxygen atoms in total. The Morgan fingerprint density at radius 1 is 1.14 bits per heavy atom. The highest BCUT2D eigenvalue weighted by atomic mass is 19.4. The lowest BCUT2D eigenvalue weighted by molar-refractivity contribution is -0.137. The maximum absolute atomic E-state index is 13.6. The summed E-state index contributed by atoms with van der Waals surface area (Å²) in [7, 11) is 2.01. The van der Waals surface area contributed by atoms with E-state index in [1.165, 1.54) is 6.07 Å². The number of hydrogen-bond acceptors (Lipinski definition) is 5. The van der Waals surface area contributed by atoms with Crippen LogP contribution in [0, 0.1) is 5.92 Å². The minimum atomic E-state index is -4.39. The predicted molar refractivity (Wildman–Crippen MR) is 134 cm³/mol. The molecule has 9 heteroatoms. The van der Waals surface area contributed by atoms with Gasteiger partial charge < -0.3 is 20.7 Å². The zero-order valence-electron chi connectivity index (χ0n) is 20.9. The van der Waals surface area contributed by atoms with Crippen LogP contribution in [0.25, 0.3) is 0 Å². The second-order valence-corrected chi connectivity index (χ2v) is 9.92. The number of anilines is 1. The summed E-state index contributed by atoms with van der Waals surface area (Å²) in [6, 6.07) is 14.2. The number of alkyl carbamates (subject to hydrolysis) is 1. The molecule has 3 N–H and O–H groups in total. The fourth-order valence-corrected chi connectivity index (χ4v) is 5.48. The van der Waals surface area contributed by atoms with Crippen molar-refractivity contribution in [2.75, 3.05) is 32.0 Å². The number of nitrogens with one attached hydrogen (secondary N) is 3. The van der Waals surface area contributed by atoms with Gasteiger partial charge in [0.2, 0.25) is 0 Å². The molecule has 36 heavy (non-hydrogen) atoms. The molecule has 0 saturated carbocycles. The minimum Gasteiger partial charge on any atom is -0.447 e. The fourth-order valence-electron chi connectivity index (χ4n) is 5.48. The number of hydrogen-bond donors (Lipinski definition) is 3. The van der Waals surface area contributed by atoms with E-state index < -0.39 is 17.8 Å². The highest BCUT2D eigenvalue weighted by Gasteiger charge is 2.45. The van der Waals surface area contributed by atoms with Gasteiger partial charge in [-0.25, -0.2) is 4.79 Å². The van der Waals surface area contributed by atoms with Gasteiger partial charge in [0.05, 0.1) is 17.7 Å².